The Kier molecular flexibility index (Phi) is 4.46. The van der Waals surface area contributed by atoms with Crippen molar-refractivity contribution in [3.05, 3.63) is 22.4 Å². The maximum Gasteiger partial charge on any atom is 0.0416 e. The van der Waals surface area contributed by atoms with Gasteiger partial charge in [0.25, 0.3) is 0 Å². The average Bonchev–Trinajstić information content (AvgIpc) is 2.54. The average molecular weight is 197 g/mol. The van der Waals surface area contributed by atoms with Gasteiger partial charge in [-0.25, -0.2) is 0 Å². The zero-order valence-corrected chi connectivity index (χ0v) is 9.53. The summed E-state index contributed by atoms with van der Waals surface area (Å²) in [5.74, 6) is 0. The second kappa shape index (κ2) is 5.40. The number of hydrogen-bond donors (Lipinski definition) is 1. The topological polar surface area (TPSA) is 12.0 Å². The lowest BCUT2D eigenvalue weighted by Gasteiger charge is -2.19. The van der Waals surface area contributed by atoms with Gasteiger partial charge in [-0.05, 0) is 17.9 Å². The van der Waals surface area contributed by atoms with Gasteiger partial charge < -0.3 is 5.32 Å². The van der Waals surface area contributed by atoms with Gasteiger partial charge >= 0.3 is 0 Å². The lowest BCUT2D eigenvalue weighted by atomic mass is 10.1. The van der Waals surface area contributed by atoms with Crippen LogP contribution in [-0.2, 0) is 0 Å². The van der Waals surface area contributed by atoms with E-state index < -0.39 is 0 Å². The first-order valence-electron chi connectivity index (χ1n) is 5.03. The highest BCUT2D eigenvalue weighted by atomic mass is 32.1. The third kappa shape index (κ3) is 3.49. The third-order valence-electron chi connectivity index (χ3n) is 2.00. The molecule has 0 aromatic carbocycles. The highest BCUT2D eigenvalue weighted by Gasteiger charge is 2.11. The summed E-state index contributed by atoms with van der Waals surface area (Å²) in [5.41, 5.74) is 0. The van der Waals surface area contributed by atoms with Gasteiger partial charge in [0.05, 0.1) is 0 Å². The summed E-state index contributed by atoms with van der Waals surface area (Å²) < 4.78 is 0. The fourth-order valence-corrected chi connectivity index (χ4v) is 2.31. The number of rotatable bonds is 5. The molecule has 0 aliphatic carbocycles. The Morgan fingerprint density at radius 1 is 1.46 bits per heavy atom. The summed E-state index contributed by atoms with van der Waals surface area (Å²) in [6, 6.07) is 5.48. The second-order valence-electron chi connectivity index (χ2n) is 3.68. The van der Waals surface area contributed by atoms with Gasteiger partial charge in [-0.2, -0.15) is 0 Å². The lowest BCUT2D eigenvalue weighted by molar-refractivity contribution is 0.454. The van der Waals surface area contributed by atoms with E-state index >= 15 is 0 Å². The van der Waals surface area contributed by atoms with E-state index in [0.29, 0.717) is 12.1 Å². The molecule has 1 aromatic heterocycles. The predicted octanol–water partition coefficient (Wildman–Crippen LogP) is 3.59. The van der Waals surface area contributed by atoms with E-state index in [9.17, 15) is 0 Å². The van der Waals surface area contributed by atoms with Gasteiger partial charge in [-0.15, -0.1) is 11.3 Å². The van der Waals surface area contributed by atoms with Crippen LogP contribution in [0.4, 0.5) is 0 Å². The maximum atomic E-state index is 3.59. The first kappa shape index (κ1) is 10.7. The van der Waals surface area contributed by atoms with Crippen molar-refractivity contribution >= 4 is 11.3 Å². The lowest BCUT2D eigenvalue weighted by Crippen LogP contribution is -2.27. The Hall–Kier alpha value is -0.340. The van der Waals surface area contributed by atoms with Crippen LogP contribution < -0.4 is 5.32 Å². The molecule has 1 aromatic rings. The van der Waals surface area contributed by atoms with E-state index in [4.69, 9.17) is 0 Å². The predicted molar refractivity (Wildman–Crippen MR) is 60.2 cm³/mol. The van der Waals surface area contributed by atoms with Crippen molar-refractivity contribution in [1.82, 2.24) is 5.32 Å². The molecule has 1 heterocycles. The standard InChI is InChI=1S/C11H19NS/c1-4-6-10(12-9(2)3)11-7-5-8-13-11/h5,7-10,12H,4,6H2,1-3H3. The SMILES string of the molecule is CCCC(NC(C)C)c1cccs1. The summed E-state index contributed by atoms with van der Waals surface area (Å²) in [6.45, 7) is 6.65. The van der Waals surface area contributed by atoms with Crippen LogP contribution in [0.15, 0.2) is 17.5 Å². The molecule has 2 heteroatoms. The van der Waals surface area contributed by atoms with Crippen LogP contribution in [0.2, 0.25) is 0 Å². The van der Waals surface area contributed by atoms with Crippen molar-refractivity contribution in [2.24, 2.45) is 0 Å². The summed E-state index contributed by atoms with van der Waals surface area (Å²) >= 11 is 1.85. The van der Waals surface area contributed by atoms with Crippen molar-refractivity contribution in [3.63, 3.8) is 0 Å². The molecule has 0 aliphatic heterocycles. The van der Waals surface area contributed by atoms with Crippen molar-refractivity contribution in [2.45, 2.75) is 45.7 Å². The van der Waals surface area contributed by atoms with E-state index in [-0.39, 0.29) is 0 Å². The minimum absolute atomic E-state index is 0.560. The molecule has 0 fully saturated rings. The van der Waals surface area contributed by atoms with Crippen molar-refractivity contribution < 1.29 is 0 Å². The minimum atomic E-state index is 0.560. The maximum absolute atomic E-state index is 3.59. The highest BCUT2D eigenvalue weighted by molar-refractivity contribution is 7.10. The molecule has 0 saturated heterocycles. The smallest absolute Gasteiger partial charge is 0.0416 e. The Morgan fingerprint density at radius 3 is 2.69 bits per heavy atom. The highest BCUT2D eigenvalue weighted by Crippen LogP contribution is 2.23. The first-order chi connectivity index (χ1) is 6.24. The van der Waals surface area contributed by atoms with Crippen LogP contribution >= 0.6 is 11.3 Å². The zero-order chi connectivity index (χ0) is 9.68. The van der Waals surface area contributed by atoms with Crippen LogP contribution in [0.25, 0.3) is 0 Å². The van der Waals surface area contributed by atoms with Gasteiger partial charge in [0.15, 0.2) is 0 Å². The van der Waals surface area contributed by atoms with Crippen molar-refractivity contribution in [1.29, 1.82) is 0 Å². The Morgan fingerprint density at radius 2 is 2.23 bits per heavy atom. The Labute approximate surface area is 85.2 Å². The summed E-state index contributed by atoms with van der Waals surface area (Å²) in [4.78, 5) is 1.47. The van der Waals surface area contributed by atoms with Gasteiger partial charge in [-0.1, -0.05) is 33.3 Å². The summed E-state index contributed by atoms with van der Waals surface area (Å²) in [5, 5.41) is 5.75. The molecule has 1 N–H and O–H groups in total. The molecular weight excluding hydrogens is 178 g/mol. The molecule has 74 valence electrons. The molecule has 13 heavy (non-hydrogen) atoms. The van der Waals surface area contributed by atoms with E-state index in [1.807, 2.05) is 11.3 Å². The normalized spacial score (nSPS) is 13.5. The molecule has 1 atom stereocenters. The van der Waals surface area contributed by atoms with Crippen LogP contribution in [0, 0.1) is 0 Å². The molecule has 1 unspecified atom stereocenters. The fraction of sp³-hybridized carbons (Fsp3) is 0.636. The largest absolute Gasteiger partial charge is 0.307 e. The molecule has 0 spiro atoms. The molecule has 0 amide bonds. The Balaban J connectivity index is 2.57. The first-order valence-corrected chi connectivity index (χ1v) is 5.91. The Bertz CT molecular complexity index is 216. The fourth-order valence-electron chi connectivity index (χ4n) is 1.49. The van der Waals surface area contributed by atoms with E-state index in [0.717, 1.165) is 0 Å². The summed E-state index contributed by atoms with van der Waals surface area (Å²) in [6.07, 6.45) is 2.47. The number of thiophene rings is 1. The van der Waals surface area contributed by atoms with Gasteiger partial charge in [0, 0.05) is 17.0 Å². The molecular formula is C11H19NS. The van der Waals surface area contributed by atoms with Gasteiger partial charge in [0.1, 0.15) is 0 Å². The van der Waals surface area contributed by atoms with Gasteiger partial charge in [-0.3, -0.25) is 0 Å². The second-order valence-corrected chi connectivity index (χ2v) is 4.66. The van der Waals surface area contributed by atoms with E-state index in [2.05, 4.69) is 43.6 Å². The molecule has 0 saturated carbocycles. The molecule has 0 aliphatic rings. The van der Waals surface area contributed by atoms with Gasteiger partial charge in [0.2, 0.25) is 0 Å². The zero-order valence-electron chi connectivity index (χ0n) is 8.71. The van der Waals surface area contributed by atoms with Crippen LogP contribution in [0.1, 0.15) is 44.5 Å². The summed E-state index contributed by atoms with van der Waals surface area (Å²) in [7, 11) is 0. The molecule has 0 radical (unpaired) electrons. The van der Waals surface area contributed by atoms with E-state index in [1.54, 1.807) is 0 Å². The third-order valence-corrected chi connectivity index (χ3v) is 2.98. The van der Waals surface area contributed by atoms with E-state index in [1.165, 1.54) is 17.7 Å². The molecule has 1 nitrogen and oxygen atoms in total. The molecule has 1 rings (SSSR count). The van der Waals surface area contributed by atoms with Crippen LogP contribution in [0.3, 0.4) is 0 Å². The van der Waals surface area contributed by atoms with Crippen LogP contribution in [0.5, 0.6) is 0 Å². The quantitative estimate of drug-likeness (QED) is 0.760. The van der Waals surface area contributed by atoms with Crippen LogP contribution in [-0.4, -0.2) is 6.04 Å². The molecule has 0 bridgehead atoms. The van der Waals surface area contributed by atoms with Crippen molar-refractivity contribution in [2.75, 3.05) is 0 Å². The monoisotopic (exact) mass is 197 g/mol. The number of nitrogens with one attached hydrogen (secondary N) is 1. The minimum Gasteiger partial charge on any atom is -0.307 e. The van der Waals surface area contributed by atoms with Crippen molar-refractivity contribution in [3.8, 4) is 0 Å². The number of hydrogen-bond acceptors (Lipinski definition) is 2.